The van der Waals surface area contributed by atoms with E-state index in [0.29, 0.717) is 0 Å². The molecule has 0 radical (unpaired) electrons. The topological polar surface area (TPSA) is 38.5 Å². The second kappa shape index (κ2) is 5.98. The summed E-state index contributed by atoms with van der Waals surface area (Å²) in [4.78, 5) is 2.39. The molecule has 2 N–H and O–H groups in total. The van der Waals surface area contributed by atoms with Crippen LogP contribution >= 0.6 is 0 Å². The zero-order valence-corrected chi connectivity index (χ0v) is 12.2. The number of hydrogen-bond acceptors (Lipinski definition) is 3. The van der Waals surface area contributed by atoms with E-state index >= 15 is 0 Å². The van der Waals surface area contributed by atoms with E-state index < -0.39 is 0 Å². The van der Waals surface area contributed by atoms with Gasteiger partial charge in [-0.05, 0) is 48.9 Å². The molecule has 0 bridgehead atoms. The normalized spacial score (nSPS) is 21.4. The average molecular weight is 272 g/mol. The van der Waals surface area contributed by atoms with Gasteiger partial charge in [-0.2, -0.15) is 0 Å². The Labute approximate surface area is 121 Å². The molecule has 3 heteroatoms. The quantitative estimate of drug-likeness (QED) is 0.916. The molecule has 1 saturated carbocycles. The third-order valence-electron chi connectivity index (χ3n) is 4.11. The van der Waals surface area contributed by atoms with E-state index in [4.69, 9.17) is 10.5 Å². The van der Waals surface area contributed by atoms with Crippen molar-refractivity contribution >= 4 is 11.8 Å². The maximum atomic E-state index is 6.10. The SMILES string of the molecule is C[C@H](N)c1ccc(N2CCOCC2)cc1/C=C/C1CC1. The standard InChI is InChI=1S/C17H24N2O/c1-13(18)17-7-6-16(19-8-10-20-11-9-19)12-15(17)5-4-14-2-3-14/h4-7,12-14H,2-3,8-11,18H2,1H3/b5-4+/t13-/m0/s1. The first kappa shape index (κ1) is 13.7. The van der Waals surface area contributed by atoms with E-state index in [0.717, 1.165) is 32.2 Å². The number of nitrogens with zero attached hydrogens (tertiary/aromatic N) is 1. The third kappa shape index (κ3) is 3.22. The van der Waals surface area contributed by atoms with E-state index in [1.165, 1.54) is 29.7 Å². The molecule has 1 aliphatic carbocycles. The molecule has 2 fully saturated rings. The minimum absolute atomic E-state index is 0.0765. The summed E-state index contributed by atoms with van der Waals surface area (Å²) in [5.41, 5.74) is 9.89. The van der Waals surface area contributed by atoms with Gasteiger partial charge in [0, 0.05) is 24.8 Å². The van der Waals surface area contributed by atoms with Gasteiger partial charge in [-0.15, -0.1) is 0 Å². The van der Waals surface area contributed by atoms with Crippen LogP contribution in [-0.4, -0.2) is 26.3 Å². The second-order valence-electron chi connectivity index (χ2n) is 5.90. The molecule has 0 aromatic heterocycles. The summed E-state index contributed by atoms with van der Waals surface area (Å²) in [5.74, 6) is 0.794. The van der Waals surface area contributed by atoms with Gasteiger partial charge in [-0.1, -0.05) is 18.2 Å². The largest absolute Gasteiger partial charge is 0.378 e. The Morgan fingerprint density at radius 1 is 1.30 bits per heavy atom. The highest BCUT2D eigenvalue weighted by molar-refractivity contribution is 5.63. The predicted octanol–water partition coefficient (Wildman–Crippen LogP) is 2.97. The van der Waals surface area contributed by atoms with Gasteiger partial charge >= 0.3 is 0 Å². The van der Waals surface area contributed by atoms with Crippen molar-refractivity contribution in [2.45, 2.75) is 25.8 Å². The fourth-order valence-electron chi connectivity index (χ4n) is 2.67. The molecular formula is C17H24N2O. The van der Waals surface area contributed by atoms with Crippen LogP contribution < -0.4 is 10.6 Å². The summed E-state index contributed by atoms with van der Waals surface area (Å²) in [6.45, 7) is 5.65. The van der Waals surface area contributed by atoms with E-state index in [1.807, 2.05) is 0 Å². The van der Waals surface area contributed by atoms with E-state index in [2.05, 4.69) is 42.2 Å². The molecule has 1 saturated heterocycles. The maximum absolute atomic E-state index is 6.10. The Morgan fingerprint density at radius 2 is 2.05 bits per heavy atom. The van der Waals surface area contributed by atoms with Crippen molar-refractivity contribution in [3.05, 3.63) is 35.4 Å². The van der Waals surface area contributed by atoms with Crippen LogP contribution in [0, 0.1) is 5.92 Å². The highest BCUT2D eigenvalue weighted by atomic mass is 16.5. The number of allylic oxidation sites excluding steroid dienone is 1. The number of rotatable bonds is 4. The lowest BCUT2D eigenvalue weighted by molar-refractivity contribution is 0.122. The van der Waals surface area contributed by atoms with Crippen LogP contribution in [0.5, 0.6) is 0 Å². The highest BCUT2D eigenvalue weighted by Crippen LogP contribution is 2.32. The fourth-order valence-corrected chi connectivity index (χ4v) is 2.67. The molecule has 0 unspecified atom stereocenters. The second-order valence-corrected chi connectivity index (χ2v) is 5.90. The number of hydrogen-bond donors (Lipinski definition) is 1. The molecule has 3 nitrogen and oxygen atoms in total. The number of ether oxygens (including phenoxy) is 1. The Morgan fingerprint density at radius 3 is 2.70 bits per heavy atom. The van der Waals surface area contributed by atoms with Crippen molar-refractivity contribution in [2.75, 3.05) is 31.2 Å². The van der Waals surface area contributed by atoms with Gasteiger partial charge in [-0.25, -0.2) is 0 Å². The summed E-state index contributed by atoms with van der Waals surface area (Å²) in [5, 5.41) is 0. The third-order valence-corrected chi connectivity index (χ3v) is 4.11. The molecule has 0 amide bonds. The van der Waals surface area contributed by atoms with Crippen molar-refractivity contribution < 1.29 is 4.74 Å². The Balaban J connectivity index is 1.86. The zero-order valence-electron chi connectivity index (χ0n) is 12.2. The number of anilines is 1. The molecular weight excluding hydrogens is 248 g/mol. The molecule has 20 heavy (non-hydrogen) atoms. The molecule has 108 valence electrons. The van der Waals surface area contributed by atoms with E-state index in [1.54, 1.807) is 0 Å². The lowest BCUT2D eigenvalue weighted by Crippen LogP contribution is -2.36. The van der Waals surface area contributed by atoms with Crippen molar-refractivity contribution in [1.82, 2.24) is 0 Å². The van der Waals surface area contributed by atoms with Crippen LogP contribution in [0.25, 0.3) is 6.08 Å². The van der Waals surface area contributed by atoms with Crippen LogP contribution in [-0.2, 0) is 4.74 Å². The van der Waals surface area contributed by atoms with Gasteiger partial charge in [0.2, 0.25) is 0 Å². The maximum Gasteiger partial charge on any atom is 0.0642 e. The molecule has 1 aliphatic heterocycles. The fraction of sp³-hybridized carbons (Fsp3) is 0.529. The number of nitrogens with two attached hydrogens (primary N) is 1. The predicted molar refractivity (Wildman–Crippen MR) is 83.8 cm³/mol. The molecule has 1 heterocycles. The van der Waals surface area contributed by atoms with Gasteiger partial charge in [-0.3, -0.25) is 0 Å². The van der Waals surface area contributed by atoms with Crippen LogP contribution in [0.2, 0.25) is 0 Å². The molecule has 1 aromatic carbocycles. The summed E-state index contributed by atoms with van der Waals surface area (Å²) in [6, 6.07) is 6.73. The lowest BCUT2D eigenvalue weighted by Gasteiger charge is -2.29. The first-order valence-electron chi connectivity index (χ1n) is 7.64. The molecule has 3 rings (SSSR count). The Kier molecular flexibility index (Phi) is 4.08. The van der Waals surface area contributed by atoms with Gasteiger partial charge in [0.1, 0.15) is 0 Å². The lowest BCUT2D eigenvalue weighted by atomic mass is 10.00. The van der Waals surface area contributed by atoms with Crippen LogP contribution in [0.3, 0.4) is 0 Å². The van der Waals surface area contributed by atoms with Crippen LogP contribution in [0.4, 0.5) is 5.69 Å². The van der Waals surface area contributed by atoms with Gasteiger partial charge in [0.05, 0.1) is 13.2 Å². The first-order chi connectivity index (χ1) is 9.74. The van der Waals surface area contributed by atoms with E-state index in [9.17, 15) is 0 Å². The first-order valence-corrected chi connectivity index (χ1v) is 7.64. The van der Waals surface area contributed by atoms with Crippen LogP contribution in [0.1, 0.15) is 36.9 Å². The van der Waals surface area contributed by atoms with Crippen molar-refractivity contribution in [1.29, 1.82) is 0 Å². The van der Waals surface area contributed by atoms with Gasteiger partial charge < -0.3 is 15.4 Å². The Hall–Kier alpha value is -1.32. The summed E-state index contributed by atoms with van der Waals surface area (Å²) in [6.07, 6.45) is 7.28. The monoisotopic (exact) mass is 272 g/mol. The number of morpholine rings is 1. The minimum Gasteiger partial charge on any atom is -0.378 e. The van der Waals surface area contributed by atoms with Crippen molar-refractivity contribution in [2.24, 2.45) is 11.7 Å². The molecule has 2 aliphatic rings. The smallest absolute Gasteiger partial charge is 0.0642 e. The molecule has 0 spiro atoms. The summed E-state index contributed by atoms with van der Waals surface area (Å²) < 4.78 is 5.42. The number of benzene rings is 1. The van der Waals surface area contributed by atoms with Gasteiger partial charge in [0.15, 0.2) is 0 Å². The molecule has 1 aromatic rings. The summed E-state index contributed by atoms with van der Waals surface area (Å²) >= 11 is 0. The van der Waals surface area contributed by atoms with Crippen molar-refractivity contribution in [3.8, 4) is 0 Å². The van der Waals surface area contributed by atoms with E-state index in [-0.39, 0.29) is 6.04 Å². The summed E-state index contributed by atoms with van der Waals surface area (Å²) in [7, 11) is 0. The minimum atomic E-state index is 0.0765. The Bertz CT molecular complexity index is 486. The zero-order chi connectivity index (χ0) is 13.9. The highest BCUT2D eigenvalue weighted by Gasteiger charge is 2.18. The van der Waals surface area contributed by atoms with Crippen LogP contribution in [0.15, 0.2) is 24.3 Å². The molecule has 1 atom stereocenters. The van der Waals surface area contributed by atoms with Gasteiger partial charge in [0.25, 0.3) is 0 Å². The average Bonchev–Trinajstić information content (AvgIpc) is 3.30. The van der Waals surface area contributed by atoms with Crippen molar-refractivity contribution in [3.63, 3.8) is 0 Å².